The van der Waals surface area contributed by atoms with Crippen LogP contribution in [0, 0.1) is 5.92 Å². The van der Waals surface area contributed by atoms with Crippen LogP contribution in [0.15, 0.2) is 18.3 Å². The van der Waals surface area contributed by atoms with Gasteiger partial charge in [0, 0.05) is 6.20 Å². The minimum Gasteiger partial charge on any atom is -0.384 e. The van der Waals surface area contributed by atoms with Gasteiger partial charge in [-0.25, -0.2) is 4.98 Å². The Labute approximate surface area is 84.7 Å². The first kappa shape index (κ1) is 9.46. The van der Waals surface area contributed by atoms with Gasteiger partial charge in [0.05, 0.1) is 0 Å². The maximum atomic E-state index is 5.54. The predicted octanol–water partition coefficient (Wildman–Crippen LogP) is 1.21. The summed E-state index contributed by atoms with van der Waals surface area (Å²) in [5.74, 6) is 1.38. The van der Waals surface area contributed by atoms with Crippen LogP contribution in [0.5, 0.6) is 0 Å². The number of nitrogen functional groups attached to an aromatic ring is 1. The number of aromatic nitrogens is 1. The normalized spacial score (nSPS) is 22.1. The second-order valence-electron chi connectivity index (χ2n) is 4.01. The highest BCUT2D eigenvalue weighted by atomic mass is 14.9. The average Bonchev–Trinajstić information content (AvgIpc) is 2.23. The molecule has 0 bridgehead atoms. The Balaban J connectivity index is 1.92. The van der Waals surface area contributed by atoms with Crippen LogP contribution in [-0.2, 0) is 6.42 Å². The number of nitrogens with two attached hydrogens (primary N) is 1. The fourth-order valence-electron chi connectivity index (χ4n) is 1.99. The molecule has 0 spiro atoms. The molecule has 1 saturated heterocycles. The van der Waals surface area contributed by atoms with E-state index in [0.717, 1.165) is 18.9 Å². The molecule has 3 N–H and O–H groups in total. The number of anilines is 1. The van der Waals surface area contributed by atoms with Gasteiger partial charge in [-0.2, -0.15) is 0 Å². The maximum Gasteiger partial charge on any atom is 0.123 e. The van der Waals surface area contributed by atoms with E-state index in [0.29, 0.717) is 5.82 Å². The zero-order chi connectivity index (χ0) is 9.80. The topological polar surface area (TPSA) is 50.9 Å². The summed E-state index contributed by atoms with van der Waals surface area (Å²) in [6.45, 7) is 2.32. The van der Waals surface area contributed by atoms with Crippen molar-refractivity contribution in [2.24, 2.45) is 5.92 Å². The second kappa shape index (κ2) is 4.42. The third-order valence-corrected chi connectivity index (χ3v) is 2.77. The van der Waals surface area contributed by atoms with Gasteiger partial charge < -0.3 is 11.1 Å². The lowest BCUT2D eigenvalue weighted by atomic mass is 9.93. The molecule has 1 aliphatic heterocycles. The highest BCUT2D eigenvalue weighted by molar-refractivity contribution is 5.29. The van der Waals surface area contributed by atoms with Crippen molar-refractivity contribution < 1.29 is 0 Å². The number of pyridine rings is 1. The van der Waals surface area contributed by atoms with Crippen LogP contribution >= 0.6 is 0 Å². The molecule has 0 radical (unpaired) electrons. The molecule has 0 aromatic carbocycles. The van der Waals surface area contributed by atoms with Gasteiger partial charge in [-0.3, -0.25) is 0 Å². The molecule has 2 rings (SSSR count). The summed E-state index contributed by atoms with van der Waals surface area (Å²) in [7, 11) is 0. The molecule has 0 saturated carbocycles. The second-order valence-corrected chi connectivity index (χ2v) is 4.01. The number of piperidine rings is 1. The Morgan fingerprint density at radius 2 is 2.43 bits per heavy atom. The molecule has 1 aromatic rings. The van der Waals surface area contributed by atoms with E-state index < -0.39 is 0 Å². The van der Waals surface area contributed by atoms with Crippen molar-refractivity contribution in [3.63, 3.8) is 0 Å². The van der Waals surface area contributed by atoms with E-state index >= 15 is 0 Å². The quantitative estimate of drug-likeness (QED) is 0.738. The van der Waals surface area contributed by atoms with Gasteiger partial charge in [0.2, 0.25) is 0 Å². The summed E-state index contributed by atoms with van der Waals surface area (Å²) < 4.78 is 0. The van der Waals surface area contributed by atoms with Gasteiger partial charge in [-0.1, -0.05) is 6.07 Å². The molecule has 2 heterocycles. The van der Waals surface area contributed by atoms with E-state index in [-0.39, 0.29) is 0 Å². The van der Waals surface area contributed by atoms with E-state index in [9.17, 15) is 0 Å². The van der Waals surface area contributed by atoms with Crippen molar-refractivity contribution in [3.05, 3.63) is 23.9 Å². The third kappa shape index (κ3) is 2.45. The van der Waals surface area contributed by atoms with Gasteiger partial charge in [0.15, 0.2) is 0 Å². The average molecular weight is 191 g/mol. The molecule has 3 heteroatoms. The molecule has 14 heavy (non-hydrogen) atoms. The van der Waals surface area contributed by atoms with Crippen molar-refractivity contribution in [2.45, 2.75) is 19.3 Å². The summed E-state index contributed by atoms with van der Waals surface area (Å²) in [6, 6.07) is 3.96. The van der Waals surface area contributed by atoms with Gasteiger partial charge in [-0.05, 0) is 49.9 Å². The fraction of sp³-hybridized carbons (Fsp3) is 0.545. The molecular formula is C11H17N3. The SMILES string of the molecule is Nc1ccc(C[C@@H]2CCCNC2)cn1. The monoisotopic (exact) mass is 191 g/mol. The van der Waals surface area contributed by atoms with Crippen LogP contribution in [0.4, 0.5) is 5.82 Å². The lowest BCUT2D eigenvalue weighted by Crippen LogP contribution is -2.30. The Morgan fingerprint density at radius 1 is 1.50 bits per heavy atom. The molecule has 0 aliphatic carbocycles. The number of hydrogen-bond donors (Lipinski definition) is 2. The standard InChI is InChI=1S/C11H17N3/c12-11-4-3-10(8-14-11)6-9-2-1-5-13-7-9/h3-4,8-9,13H,1-2,5-7H2,(H2,12,14)/t9-/m0/s1. The van der Waals surface area contributed by atoms with Crippen molar-refractivity contribution in [3.8, 4) is 0 Å². The maximum absolute atomic E-state index is 5.54. The summed E-state index contributed by atoms with van der Waals surface area (Å²) >= 11 is 0. The highest BCUT2D eigenvalue weighted by Gasteiger charge is 2.13. The molecule has 3 nitrogen and oxygen atoms in total. The number of nitrogens with zero attached hydrogens (tertiary/aromatic N) is 1. The summed E-state index contributed by atoms with van der Waals surface area (Å²) in [5, 5.41) is 3.42. The summed E-state index contributed by atoms with van der Waals surface area (Å²) in [6.07, 6.45) is 5.65. The van der Waals surface area contributed by atoms with Crippen molar-refractivity contribution in [2.75, 3.05) is 18.8 Å². The summed E-state index contributed by atoms with van der Waals surface area (Å²) in [4.78, 5) is 4.10. The molecule has 1 aromatic heterocycles. The molecule has 1 fully saturated rings. The smallest absolute Gasteiger partial charge is 0.123 e. The minimum atomic E-state index is 0.607. The Morgan fingerprint density at radius 3 is 3.07 bits per heavy atom. The largest absolute Gasteiger partial charge is 0.384 e. The first-order valence-corrected chi connectivity index (χ1v) is 5.26. The van der Waals surface area contributed by atoms with E-state index in [4.69, 9.17) is 5.73 Å². The lowest BCUT2D eigenvalue weighted by Gasteiger charge is -2.22. The van der Waals surface area contributed by atoms with Crippen molar-refractivity contribution in [1.29, 1.82) is 0 Å². The van der Waals surface area contributed by atoms with Crippen LogP contribution in [-0.4, -0.2) is 18.1 Å². The predicted molar refractivity (Wildman–Crippen MR) is 57.9 cm³/mol. The van der Waals surface area contributed by atoms with Gasteiger partial charge in [0.1, 0.15) is 5.82 Å². The zero-order valence-electron chi connectivity index (χ0n) is 8.37. The third-order valence-electron chi connectivity index (χ3n) is 2.77. The fourth-order valence-corrected chi connectivity index (χ4v) is 1.99. The zero-order valence-corrected chi connectivity index (χ0v) is 8.37. The van der Waals surface area contributed by atoms with Gasteiger partial charge >= 0.3 is 0 Å². The number of nitrogens with one attached hydrogen (secondary N) is 1. The number of hydrogen-bond acceptors (Lipinski definition) is 3. The molecule has 0 amide bonds. The van der Waals surface area contributed by atoms with Gasteiger partial charge in [0.25, 0.3) is 0 Å². The Kier molecular flexibility index (Phi) is 2.99. The lowest BCUT2D eigenvalue weighted by molar-refractivity contribution is 0.376. The first-order valence-electron chi connectivity index (χ1n) is 5.26. The molecule has 76 valence electrons. The Hall–Kier alpha value is -1.09. The van der Waals surface area contributed by atoms with Crippen LogP contribution < -0.4 is 11.1 Å². The van der Waals surface area contributed by atoms with E-state index in [2.05, 4.69) is 16.4 Å². The van der Waals surface area contributed by atoms with Crippen molar-refractivity contribution >= 4 is 5.82 Å². The molecule has 1 aliphatic rings. The van der Waals surface area contributed by atoms with Crippen LogP contribution in [0.1, 0.15) is 18.4 Å². The first-order chi connectivity index (χ1) is 6.84. The minimum absolute atomic E-state index is 0.607. The number of rotatable bonds is 2. The van der Waals surface area contributed by atoms with E-state index in [1.807, 2.05) is 12.3 Å². The van der Waals surface area contributed by atoms with E-state index in [1.165, 1.54) is 24.9 Å². The van der Waals surface area contributed by atoms with Crippen molar-refractivity contribution in [1.82, 2.24) is 10.3 Å². The van der Waals surface area contributed by atoms with Crippen LogP contribution in [0.3, 0.4) is 0 Å². The van der Waals surface area contributed by atoms with Gasteiger partial charge in [-0.15, -0.1) is 0 Å². The molecule has 0 unspecified atom stereocenters. The summed E-state index contributed by atoms with van der Waals surface area (Å²) in [5.41, 5.74) is 6.84. The van der Waals surface area contributed by atoms with Crippen LogP contribution in [0.25, 0.3) is 0 Å². The van der Waals surface area contributed by atoms with Crippen LogP contribution in [0.2, 0.25) is 0 Å². The van der Waals surface area contributed by atoms with E-state index in [1.54, 1.807) is 0 Å². The molecular weight excluding hydrogens is 174 g/mol. The highest BCUT2D eigenvalue weighted by Crippen LogP contribution is 2.16. The Bertz CT molecular complexity index is 275. The molecule has 1 atom stereocenters.